The molecular weight excluding hydrogens is 152 g/mol. The van der Waals surface area contributed by atoms with Crippen molar-refractivity contribution in [2.75, 3.05) is 0 Å². The summed E-state index contributed by atoms with van der Waals surface area (Å²) in [5, 5.41) is 8.65. The Balaban J connectivity index is 2.68. The van der Waals surface area contributed by atoms with Crippen molar-refractivity contribution in [2.24, 2.45) is 0 Å². The first kappa shape index (κ1) is 9.49. The molecule has 0 aliphatic heterocycles. The first-order valence-electron chi connectivity index (χ1n) is 4.24. The van der Waals surface area contributed by atoms with Crippen LogP contribution < -0.4 is 0 Å². The van der Waals surface area contributed by atoms with Gasteiger partial charge in [-0.2, -0.15) is 0 Å². The molecule has 1 aliphatic carbocycles. The van der Waals surface area contributed by atoms with Crippen LogP contribution in [0.3, 0.4) is 0 Å². The summed E-state index contributed by atoms with van der Waals surface area (Å²) in [4.78, 5) is 4.41. The quantitative estimate of drug-likeness (QED) is 0.390. The number of hydrogen-bond acceptors (Lipinski definition) is 2. The van der Waals surface area contributed by atoms with Gasteiger partial charge in [-0.15, -0.1) is 0 Å². The molecule has 0 aromatic carbocycles. The van der Waals surface area contributed by atoms with Crippen molar-refractivity contribution >= 4 is 0 Å². The highest BCUT2D eigenvalue weighted by Crippen LogP contribution is 2.28. The van der Waals surface area contributed by atoms with E-state index < -0.39 is 5.60 Å². The summed E-state index contributed by atoms with van der Waals surface area (Å²) in [5.41, 5.74) is 2.00. The van der Waals surface area contributed by atoms with Crippen LogP contribution in [0.2, 0.25) is 0 Å². The Labute approximate surface area is 73.5 Å². The Morgan fingerprint density at radius 2 is 2.00 bits per heavy atom. The third-order valence-electron chi connectivity index (χ3n) is 2.34. The summed E-state index contributed by atoms with van der Waals surface area (Å²) in [6, 6.07) is 0. The van der Waals surface area contributed by atoms with Crippen molar-refractivity contribution in [3.8, 4) is 0 Å². The molecule has 0 radical (unpaired) electrons. The van der Waals surface area contributed by atoms with E-state index in [2.05, 4.69) is 24.0 Å². The second-order valence-electron chi connectivity index (χ2n) is 3.79. The van der Waals surface area contributed by atoms with Crippen LogP contribution in [0.5, 0.6) is 0 Å². The molecule has 1 N–H and O–H groups in total. The zero-order valence-corrected chi connectivity index (χ0v) is 7.92. The van der Waals surface area contributed by atoms with Crippen LogP contribution in [0.25, 0.3) is 0 Å². The highest BCUT2D eigenvalue weighted by molar-refractivity contribution is 5.25. The highest BCUT2D eigenvalue weighted by Gasteiger charge is 2.24. The van der Waals surface area contributed by atoms with Gasteiger partial charge < -0.3 is 0 Å². The van der Waals surface area contributed by atoms with E-state index in [-0.39, 0.29) is 0 Å². The standard InChI is InChI=1S/C10H16O2/c1-8-4-6-9(7-5-8)10(2,3)12-11/h4,7,11H,5-6H2,1-3H3. The van der Waals surface area contributed by atoms with Gasteiger partial charge in [0, 0.05) is 0 Å². The number of hydrogen-bond donors (Lipinski definition) is 1. The minimum atomic E-state index is -0.531. The molecule has 1 rings (SSSR count). The third-order valence-corrected chi connectivity index (χ3v) is 2.34. The molecule has 2 heteroatoms. The second-order valence-corrected chi connectivity index (χ2v) is 3.79. The first-order valence-corrected chi connectivity index (χ1v) is 4.24. The SMILES string of the molecule is CC1=CCC(C(C)(C)OO)=CC1. The summed E-state index contributed by atoms with van der Waals surface area (Å²) >= 11 is 0. The van der Waals surface area contributed by atoms with Crippen molar-refractivity contribution in [2.45, 2.75) is 39.2 Å². The Kier molecular flexibility index (Phi) is 2.70. The second kappa shape index (κ2) is 3.42. The fourth-order valence-corrected chi connectivity index (χ4v) is 1.29. The molecule has 0 unspecified atom stereocenters. The Morgan fingerprint density at radius 3 is 2.42 bits per heavy atom. The minimum absolute atomic E-state index is 0.531. The van der Waals surface area contributed by atoms with Crippen LogP contribution in [0.15, 0.2) is 23.3 Å². The van der Waals surface area contributed by atoms with Gasteiger partial charge in [-0.25, -0.2) is 4.89 Å². The zero-order valence-electron chi connectivity index (χ0n) is 7.92. The van der Waals surface area contributed by atoms with Crippen LogP contribution in [0.4, 0.5) is 0 Å². The average Bonchev–Trinajstić information content (AvgIpc) is 2.05. The summed E-state index contributed by atoms with van der Waals surface area (Å²) in [5.74, 6) is 0. The van der Waals surface area contributed by atoms with Crippen LogP contribution in [-0.4, -0.2) is 10.9 Å². The largest absolute Gasteiger partial charge is 0.251 e. The molecule has 68 valence electrons. The normalized spacial score (nSPS) is 18.7. The van der Waals surface area contributed by atoms with Gasteiger partial charge in [-0.1, -0.05) is 17.7 Å². The van der Waals surface area contributed by atoms with E-state index in [9.17, 15) is 0 Å². The lowest BCUT2D eigenvalue weighted by atomic mass is 9.89. The van der Waals surface area contributed by atoms with Gasteiger partial charge >= 0.3 is 0 Å². The molecule has 0 saturated carbocycles. The van der Waals surface area contributed by atoms with Crippen molar-refractivity contribution in [3.05, 3.63) is 23.3 Å². The van der Waals surface area contributed by atoms with Crippen molar-refractivity contribution in [1.82, 2.24) is 0 Å². The van der Waals surface area contributed by atoms with E-state index in [4.69, 9.17) is 5.26 Å². The summed E-state index contributed by atoms with van der Waals surface area (Å²) in [7, 11) is 0. The Morgan fingerprint density at radius 1 is 1.33 bits per heavy atom. The third kappa shape index (κ3) is 1.96. The first-order chi connectivity index (χ1) is 5.56. The predicted octanol–water partition coefficient (Wildman–Crippen LogP) is 2.92. The van der Waals surface area contributed by atoms with Gasteiger partial charge in [0.1, 0.15) is 5.60 Å². The molecule has 0 spiro atoms. The molecular formula is C10H16O2. The maximum atomic E-state index is 8.65. The molecule has 0 bridgehead atoms. The molecule has 0 saturated heterocycles. The molecule has 0 aromatic rings. The lowest BCUT2D eigenvalue weighted by Gasteiger charge is -2.25. The van der Waals surface area contributed by atoms with E-state index in [0.29, 0.717) is 0 Å². The van der Waals surface area contributed by atoms with Gasteiger partial charge in [0.05, 0.1) is 0 Å². The molecule has 0 heterocycles. The molecule has 2 nitrogen and oxygen atoms in total. The summed E-state index contributed by atoms with van der Waals surface area (Å²) in [6.45, 7) is 5.85. The Hall–Kier alpha value is -0.600. The van der Waals surface area contributed by atoms with Gasteiger partial charge in [0.2, 0.25) is 0 Å². The fraction of sp³-hybridized carbons (Fsp3) is 0.600. The fourth-order valence-electron chi connectivity index (χ4n) is 1.29. The van der Waals surface area contributed by atoms with Crippen molar-refractivity contribution < 1.29 is 10.1 Å². The molecule has 0 aromatic heterocycles. The van der Waals surface area contributed by atoms with Crippen molar-refractivity contribution in [3.63, 3.8) is 0 Å². The lowest BCUT2D eigenvalue weighted by Crippen LogP contribution is -2.26. The van der Waals surface area contributed by atoms with Crippen LogP contribution >= 0.6 is 0 Å². The van der Waals surface area contributed by atoms with E-state index in [0.717, 1.165) is 18.4 Å². The Bertz CT molecular complexity index is 224. The van der Waals surface area contributed by atoms with Gasteiger partial charge in [0.25, 0.3) is 0 Å². The van der Waals surface area contributed by atoms with Gasteiger partial charge in [-0.3, -0.25) is 5.26 Å². The molecule has 0 atom stereocenters. The topological polar surface area (TPSA) is 29.5 Å². The zero-order chi connectivity index (χ0) is 9.19. The maximum Gasteiger partial charge on any atom is 0.119 e. The molecule has 12 heavy (non-hydrogen) atoms. The summed E-state index contributed by atoms with van der Waals surface area (Å²) < 4.78 is 0. The van der Waals surface area contributed by atoms with Crippen LogP contribution in [0.1, 0.15) is 33.6 Å². The lowest BCUT2D eigenvalue weighted by molar-refractivity contribution is -0.300. The van der Waals surface area contributed by atoms with E-state index >= 15 is 0 Å². The highest BCUT2D eigenvalue weighted by atomic mass is 17.1. The minimum Gasteiger partial charge on any atom is -0.251 e. The van der Waals surface area contributed by atoms with Crippen molar-refractivity contribution in [1.29, 1.82) is 0 Å². The van der Waals surface area contributed by atoms with Gasteiger partial charge in [0.15, 0.2) is 0 Å². The van der Waals surface area contributed by atoms with E-state index in [1.165, 1.54) is 5.57 Å². The molecule has 0 amide bonds. The van der Waals surface area contributed by atoms with Crippen LogP contribution in [-0.2, 0) is 4.89 Å². The maximum absolute atomic E-state index is 8.65. The van der Waals surface area contributed by atoms with E-state index in [1.54, 1.807) is 0 Å². The van der Waals surface area contributed by atoms with Gasteiger partial charge in [-0.05, 0) is 39.2 Å². The molecule has 1 aliphatic rings. The van der Waals surface area contributed by atoms with E-state index in [1.807, 2.05) is 13.8 Å². The number of rotatable bonds is 2. The number of allylic oxidation sites excluding steroid dienone is 3. The smallest absolute Gasteiger partial charge is 0.119 e. The molecule has 0 fully saturated rings. The monoisotopic (exact) mass is 168 g/mol. The van der Waals surface area contributed by atoms with Crippen LogP contribution in [0, 0.1) is 0 Å². The summed E-state index contributed by atoms with van der Waals surface area (Å²) in [6.07, 6.45) is 6.17. The average molecular weight is 168 g/mol. The predicted molar refractivity (Wildman–Crippen MR) is 48.9 cm³/mol.